The van der Waals surface area contributed by atoms with Gasteiger partial charge in [-0.15, -0.1) is 12.6 Å². The van der Waals surface area contributed by atoms with Crippen molar-refractivity contribution in [3.05, 3.63) is 23.1 Å². The number of rotatable bonds is 4. The van der Waals surface area contributed by atoms with Crippen LogP contribution in [0.2, 0.25) is 0 Å². The molecule has 0 bridgehead atoms. The van der Waals surface area contributed by atoms with Gasteiger partial charge in [-0.3, -0.25) is 4.90 Å². The van der Waals surface area contributed by atoms with Crippen molar-refractivity contribution in [1.82, 2.24) is 9.80 Å². The summed E-state index contributed by atoms with van der Waals surface area (Å²) < 4.78 is 0. The minimum atomic E-state index is 0.612. The predicted molar refractivity (Wildman–Crippen MR) is 75.0 cm³/mol. The van der Waals surface area contributed by atoms with Crippen molar-refractivity contribution < 1.29 is 0 Å². The molecule has 2 nitrogen and oxygen atoms in total. The fourth-order valence-corrected chi connectivity index (χ4v) is 1.96. The quantitative estimate of drug-likeness (QED) is 0.595. The van der Waals surface area contributed by atoms with Gasteiger partial charge in [0.05, 0.1) is 0 Å². The highest BCUT2D eigenvalue weighted by atomic mass is 32.1. The number of thiol groups is 1. The normalized spacial score (nSPS) is 21.2. The maximum Gasteiger partial charge on any atom is 0.0292 e. The minimum absolute atomic E-state index is 0.612. The fourth-order valence-electron chi connectivity index (χ4n) is 1.68. The fraction of sp³-hybridized carbons (Fsp3) is 0.692. The van der Waals surface area contributed by atoms with Gasteiger partial charge in [-0.25, -0.2) is 0 Å². The highest BCUT2D eigenvalue weighted by Gasteiger charge is 2.13. The van der Waals surface area contributed by atoms with Crippen LogP contribution in [0.3, 0.4) is 0 Å². The Morgan fingerprint density at radius 3 is 2.44 bits per heavy atom. The largest absolute Gasteiger partial charge is 0.304 e. The van der Waals surface area contributed by atoms with E-state index in [0.717, 1.165) is 24.5 Å². The summed E-state index contributed by atoms with van der Waals surface area (Å²) in [5.41, 5.74) is 0. The molecular formula is C13H24N2S. The first-order valence-electron chi connectivity index (χ1n) is 6.05. The molecule has 1 fully saturated rings. The lowest BCUT2D eigenvalue weighted by Gasteiger charge is -2.32. The third-order valence-electron chi connectivity index (χ3n) is 2.77. The smallest absolute Gasteiger partial charge is 0.0292 e. The molecule has 0 unspecified atom stereocenters. The first-order valence-corrected chi connectivity index (χ1v) is 6.50. The molecule has 0 aromatic heterocycles. The Kier molecular flexibility index (Phi) is 6.17. The molecule has 92 valence electrons. The van der Waals surface area contributed by atoms with E-state index in [9.17, 15) is 0 Å². The van der Waals surface area contributed by atoms with Crippen LogP contribution >= 0.6 is 12.6 Å². The van der Waals surface area contributed by atoms with Gasteiger partial charge < -0.3 is 4.90 Å². The summed E-state index contributed by atoms with van der Waals surface area (Å²) in [5.74, 6) is 0.612. The van der Waals surface area contributed by atoms with Crippen LogP contribution in [0.1, 0.15) is 13.8 Å². The highest BCUT2D eigenvalue weighted by molar-refractivity contribution is 7.84. The van der Waals surface area contributed by atoms with E-state index in [1.54, 1.807) is 0 Å². The van der Waals surface area contributed by atoms with Crippen LogP contribution in [-0.2, 0) is 0 Å². The first-order chi connectivity index (χ1) is 7.58. The Labute approximate surface area is 105 Å². The molecule has 0 N–H and O–H groups in total. The van der Waals surface area contributed by atoms with Crippen LogP contribution in [0, 0.1) is 5.92 Å². The number of nitrogens with zero attached hydrogens (tertiary/aromatic N) is 2. The van der Waals surface area contributed by atoms with E-state index in [4.69, 9.17) is 0 Å². The van der Waals surface area contributed by atoms with Crippen LogP contribution < -0.4 is 0 Å². The van der Waals surface area contributed by atoms with E-state index in [2.05, 4.69) is 61.6 Å². The predicted octanol–water partition coefficient (Wildman–Crippen LogP) is 2.26. The Hall–Kier alpha value is -0.250. The van der Waals surface area contributed by atoms with Crippen molar-refractivity contribution in [2.24, 2.45) is 5.92 Å². The molecule has 1 aliphatic heterocycles. The van der Waals surface area contributed by atoms with Gasteiger partial charge in [0.15, 0.2) is 0 Å². The molecule has 0 aromatic carbocycles. The van der Waals surface area contributed by atoms with E-state index >= 15 is 0 Å². The molecule has 1 aliphatic rings. The third kappa shape index (κ3) is 5.73. The Morgan fingerprint density at radius 2 is 1.88 bits per heavy atom. The van der Waals surface area contributed by atoms with Crippen LogP contribution in [0.15, 0.2) is 23.1 Å². The summed E-state index contributed by atoms with van der Waals surface area (Å²) in [5, 5.41) is 0. The lowest BCUT2D eigenvalue weighted by molar-refractivity contribution is 0.166. The molecule has 0 aliphatic carbocycles. The van der Waals surface area contributed by atoms with Crippen LogP contribution in [0.4, 0.5) is 0 Å². The summed E-state index contributed by atoms with van der Waals surface area (Å²) in [7, 11) is 2.18. The lowest BCUT2D eigenvalue weighted by Crippen LogP contribution is -2.44. The van der Waals surface area contributed by atoms with Crippen molar-refractivity contribution >= 4 is 12.6 Å². The summed E-state index contributed by atoms with van der Waals surface area (Å²) in [6.07, 6.45) is 6.42. The van der Waals surface area contributed by atoms with E-state index in [1.165, 1.54) is 13.1 Å². The Morgan fingerprint density at radius 1 is 1.25 bits per heavy atom. The van der Waals surface area contributed by atoms with Gasteiger partial charge in [-0.1, -0.05) is 32.1 Å². The van der Waals surface area contributed by atoms with Crippen molar-refractivity contribution in [1.29, 1.82) is 0 Å². The SMILES string of the molecule is CC(C)/C=C/C=C(\S)CN1CCN(C)CC1. The van der Waals surface area contributed by atoms with Gasteiger partial charge in [0, 0.05) is 32.7 Å². The van der Waals surface area contributed by atoms with Crippen LogP contribution in [-0.4, -0.2) is 49.6 Å². The van der Waals surface area contributed by atoms with Crippen molar-refractivity contribution in [2.45, 2.75) is 13.8 Å². The van der Waals surface area contributed by atoms with Crippen molar-refractivity contribution in [2.75, 3.05) is 39.8 Å². The minimum Gasteiger partial charge on any atom is -0.304 e. The molecular weight excluding hydrogens is 216 g/mol. The number of allylic oxidation sites excluding steroid dienone is 3. The molecule has 0 aromatic rings. The second-order valence-electron chi connectivity index (χ2n) is 4.87. The van der Waals surface area contributed by atoms with Crippen molar-refractivity contribution in [3.63, 3.8) is 0 Å². The third-order valence-corrected chi connectivity index (χ3v) is 3.06. The average molecular weight is 240 g/mol. The summed E-state index contributed by atoms with van der Waals surface area (Å²) >= 11 is 4.52. The van der Waals surface area contributed by atoms with Crippen LogP contribution in [0.5, 0.6) is 0 Å². The summed E-state index contributed by atoms with van der Waals surface area (Å²) in [6.45, 7) is 10.0. The van der Waals surface area contributed by atoms with Gasteiger partial charge >= 0.3 is 0 Å². The standard InChI is InChI=1S/C13H24N2S/c1-12(2)5-4-6-13(16)11-15-9-7-14(3)8-10-15/h4-6,12,16H,7-11H2,1-3H3/b5-4+,13-6-. The molecule has 1 saturated heterocycles. The zero-order chi connectivity index (χ0) is 12.0. The molecule has 1 rings (SSSR count). The van der Waals surface area contributed by atoms with Crippen molar-refractivity contribution in [3.8, 4) is 0 Å². The molecule has 16 heavy (non-hydrogen) atoms. The lowest BCUT2D eigenvalue weighted by atomic mass is 10.2. The van der Waals surface area contributed by atoms with Gasteiger partial charge in [-0.2, -0.15) is 0 Å². The average Bonchev–Trinajstić information content (AvgIpc) is 2.21. The van der Waals surface area contributed by atoms with E-state index in [-0.39, 0.29) is 0 Å². The van der Waals surface area contributed by atoms with Gasteiger partial charge in [-0.05, 0) is 17.9 Å². The molecule has 0 amide bonds. The molecule has 0 atom stereocenters. The number of hydrogen-bond donors (Lipinski definition) is 1. The zero-order valence-electron chi connectivity index (χ0n) is 10.7. The second-order valence-corrected chi connectivity index (χ2v) is 5.44. The van der Waals surface area contributed by atoms with E-state index in [0.29, 0.717) is 5.92 Å². The summed E-state index contributed by atoms with van der Waals surface area (Å²) in [6, 6.07) is 0. The van der Waals surface area contributed by atoms with Gasteiger partial charge in [0.25, 0.3) is 0 Å². The zero-order valence-corrected chi connectivity index (χ0v) is 11.6. The maximum atomic E-state index is 4.52. The first kappa shape index (κ1) is 13.8. The highest BCUT2D eigenvalue weighted by Crippen LogP contribution is 2.07. The van der Waals surface area contributed by atoms with Crippen LogP contribution in [0.25, 0.3) is 0 Å². The topological polar surface area (TPSA) is 6.48 Å². The monoisotopic (exact) mass is 240 g/mol. The Bertz CT molecular complexity index is 251. The Balaban J connectivity index is 2.30. The molecule has 0 saturated carbocycles. The maximum absolute atomic E-state index is 4.52. The number of likely N-dealkylation sites (N-methyl/N-ethyl adjacent to an activating group) is 1. The summed E-state index contributed by atoms with van der Waals surface area (Å²) in [4.78, 5) is 5.99. The molecule has 0 radical (unpaired) electrons. The molecule has 0 spiro atoms. The number of piperazine rings is 1. The number of hydrogen-bond acceptors (Lipinski definition) is 3. The van der Waals surface area contributed by atoms with Gasteiger partial charge in [0.2, 0.25) is 0 Å². The molecule has 1 heterocycles. The van der Waals surface area contributed by atoms with E-state index in [1.807, 2.05) is 0 Å². The second kappa shape index (κ2) is 7.15. The van der Waals surface area contributed by atoms with Gasteiger partial charge in [0.1, 0.15) is 0 Å². The molecule has 3 heteroatoms. The van der Waals surface area contributed by atoms with E-state index < -0.39 is 0 Å².